The fourth-order valence-corrected chi connectivity index (χ4v) is 3.64. The molecule has 2 aromatic carbocycles. The molecule has 0 aliphatic carbocycles. The maximum Gasteiger partial charge on any atom is 0.418 e. The number of halogens is 4. The van der Waals surface area contributed by atoms with Gasteiger partial charge in [0.15, 0.2) is 6.61 Å². The Labute approximate surface area is 172 Å². The van der Waals surface area contributed by atoms with Gasteiger partial charge in [-0.15, -0.1) is 11.3 Å². The van der Waals surface area contributed by atoms with Crippen LogP contribution in [0.3, 0.4) is 0 Å². The van der Waals surface area contributed by atoms with E-state index in [-0.39, 0.29) is 11.4 Å². The molecule has 0 unspecified atom stereocenters. The minimum atomic E-state index is -4.69. The Kier molecular flexibility index (Phi) is 6.39. The summed E-state index contributed by atoms with van der Waals surface area (Å²) in [7, 11) is 0. The molecule has 1 heterocycles. The van der Waals surface area contributed by atoms with Crippen LogP contribution in [0.5, 0.6) is 0 Å². The molecule has 10 heteroatoms. The largest absolute Gasteiger partial charge is 0.456 e. The Bertz CT molecular complexity index is 1020. The predicted molar refractivity (Wildman–Crippen MR) is 104 cm³/mol. The average molecular weight is 443 g/mol. The van der Waals surface area contributed by atoms with Crippen LogP contribution < -0.4 is 5.32 Å². The van der Waals surface area contributed by atoms with E-state index >= 15 is 0 Å². The van der Waals surface area contributed by atoms with Crippen LogP contribution in [0.1, 0.15) is 17.0 Å². The highest BCUT2D eigenvalue weighted by molar-refractivity contribution is 7.18. The number of esters is 1. The van der Waals surface area contributed by atoms with E-state index in [4.69, 9.17) is 16.3 Å². The highest BCUT2D eigenvalue weighted by atomic mass is 35.5. The van der Waals surface area contributed by atoms with E-state index < -0.39 is 35.9 Å². The molecule has 152 valence electrons. The lowest BCUT2D eigenvalue weighted by Gasteiger charge is -2.14. The summed E-state index contributed by atoms with van der Waals surface area (Å²) in [6.45, 7) is -0.696. The first-order chi connectivity index (χ1) is 13.7. The van der Waals surface area contributed by atoms with Gasteiger partial charge in [-0.2, -0.15) is 13.2 Å². The van der Waals surface area contributed by atoms with Gasteiger partial charge >= 0.3 is 12.1 Å². The van der Waals surface area contributed by atoms with Crippen LogP contribution >= 0.6 is 22.9 Å². The molecule has 0 saturated heterocycles. The SMILES string of the molecule is O=C(COC(=O)CCc1nc2ccccc2s1)Nc1ccc(Cl)cc1C(F)(F)F. The second-order valence-corrected chi connectivity index (χ2v) is 7.52. The molecule has 1 aromatic heterocycles. The van der Waals surface area contributed by atoms with E-state index in [0.717, 1.165) is 21.3 Å². The number of aromatic nitrogens is 1. The Morgan fingerprint density at radius 2 is 1.93 bits per heavy atom. The molecule has 0 aliphatic heterocycles. The fourth-order valence-electron chi connectivity index (χ4n) is 2.50. The van der Waals surface area contributed by atoms with Gasteiger partial charge in [0.2, 0.25) is 0 Å². The third-order valence-corrected chi connectivity index (χ3v) is 5.14. The molecule has 5 nitrogen and oxygen atoms in total. The van der Waals surface area contributed by atoms with Crippen molar-refractivity contribution < 1.29 is 27.5 Å². The monoisotopic (exact) mass is 442 g/mol. The van der Waals surface area contributed by atoms with Crippen molar-refractivity contribution in [2.75, 3.05) is 11.9 Å². The van der Waals surface area contributed by atoms with Crippen molar-refractivity contribution in [3.63, 3.8) is 0 Å². The van der Waals surface area contributed by atoms with Crippen molar-refractivity contribution in [3.8, 4) is 0 Å². The third-order valence-electron chi connectivity index (χ3n) is 3.81. The molecular weight excluding hydrogens is 429 g/mol. The zero-order valence-electron chi connectivity index (χ0n) is 14.8. The van der Waals surface area contributed by atoms with Gasteiger partial charge in [0.05, 0.1) is 32.9 Å². The molecule has 0 radical (unpaired) electrons. The van der Waals surface area contributed by atoms with Gasteiger partial charge < -0.3 is 10.1 Å². The van der Waals surface area contributed by atoms with Gasteiger partial charge in [0, 0.05) is 11.4 Å². The van der Waals surface area contributed by atoms with Crippen LogP contribution in [0.25, 0.3) is 10.2 Å². The number of fused-ring (bicyclic) bond motifs is 1. The van der Waals surface area contributed by atoms with E-state index in [1.54, 1.807) is 0 Å². The van der Waals surface area contributed by atoms with Crippen LogP contribution in [0.4, 0.5) is 18.9 Å². The molecule has 0 saturated carbocycles. The fraction of sp³-hybridized carbons (Fsp3) is 0.211. The minimum absolute atomic E-state index is 0.00183. The van der Waals surface area contributed by atoms with Crippen LogP contribution in [0.2, 0.25) is 5.02 Å². The van der Waals surface area contributed by atoms with Crippen molar-refractivity contribution in [2.45, 2.75) is 19.0 Å². The van der Waals surface area contributed by atoms with Gasteiger partial charge in [0.1, 0.15) is 0 Å². The number of hydrogen-bond donors (Lipinski definition) is 1. The summed E-state index contributed by atoms with van der Waals surface area (Å²) >= 11 is 7.04. The first kappa shape index (κ1) is 21.1. The number of nitrogens with zero attached hydrogens (tertiary/aromatic N) is 1. The summed E-state index contributed by atoms with van der Waals surface area (Å²) in [5.41, 5.74) is -0.707. The summed E-state index contributed by atoms with van der Waals surface area (Å²) in [6.07, 6.45) is -4.35. The average Bonchev–Trinajstić information content (AvgIpc) is 3.08. The Balaban J connectivity index is 1.51. The molecule has 3 aromatic rings. The number of benzene rings is 2. The molecule has 0 atom stereocenters. The zero-order chi connectivity index (χ0) is 21.0. The maximum atomic E-state index is 13.0. The van der Waals surface area contributed by atoms with E-state index in [1.165, 1.54) is 17.4 Å². The number of rotatable bonds is 6. The van der Waals surface area contributed by atoms with Gasteiger partial charge in [-0.25, -0.2) is 4.98 Å². The van der Waals surface area contributed by atoms with Gasteiger partial charge in [0.25, 0.3) is 5.91 Å². The van der Waals surface area contributed by atoms with E-state index in [1.807, 2.05) is 24.3 Å². The number of ether oxygens (including phenoxy) is 1. The standard InChI is InChI=1S/C19H14ClF3N2O3S/c20-11-5-6-13(12(9-11)19(21,22)23)24-16(26)10-28-18(27)8-7-17-25-14-3-1-2-4-15(14)29-17/h1-6,9H,7-8,10H2,(H,24,26). The number of hydrogen-bond acceptors (Lipinski definition) is 5. The summed E-state index contributed by atoms with van der Waals surface area (Å²) in [4.78, 5) is 28.1. The second-order valence-electron chi connectivity index (χ2n) is 5.97. The molecule has 29 heavy (non-hydrogen) atoms. The number of aryl methyl sites for hydroxylation is 1. The van der Waals surface area contributed by atoms with Crippen molar-refractivity contribution in [1.82, 2.24) is 4.98 Å². The Morgan fingerprint density at radius 1 is 1.17 bits per heavy atom. The Morgan fingerprint density at radius 3 is 2.66 bits per heavy atom. The van der Waals surface area contributed by atoms with Gasteiger partial charge in [-0.1, -0.05) is 23.7 Å². The van der Waals surface area contributed by atoms with Crippen molar-refractivity contribution in [2.24, 2.45) is 0 Å². The second kappa shape index (κ2) is 8.79. The number of nitrogens with one attached hydrogen (secondary N) is 1. The van der Waals surface area contributed by atoms with Crippen LogP contribution in [0.15, 0.2) is 42.5 Å². The summed E-state index contributed by atoms with van der Waals surface area (Å²) < 4.78 is 44.9. The van der Waals surface area contributed by atoms with E-state index in [2.05, 4.69) is 10.3 Å². The maximum absolute atomic E-state index is 13.0. The van der Waals surface area contributed by atoms with Crippen molar-refractivity contribution in [3.05, 3.63) is 58.1 Å². The molecule has 0 fully saturated rings. The number of amides is 1. The number of carbonyl (C=O) groups excluding carboxylic acids is 2. The van der Waals surface area contributed by atoms with Crippen LogP contribution in [0, 0.1) is 0 Å². The summed E-state index contributed by atoms with van der Waals surface area (Å²) in [6, 6.07) is 10.5. The van der Waals surface area contributed by atoms with Crippen molar-refractivity contribution in [1.29, 1.82) is 0 Å². The predicted octanol–water partition coefficient (Wildman–Crippen LogP) is 5.08. The van der Waals surface area contributed by atoms with Crippen LogP contribution in [-0.4, -0.2) is 23.5 Å². The minimum Gasteiger partial charge on any atom is -0.456 e. The van der Waals surface area contributed by atoms with Crippen LogP contribution in [-0.2, 0) is 26.9 Å². The molecule has 0 spiro atoms. The first-order valence-corrected chi connectivity index (χ1v) is 9.58. The number of para-hydroxylation sites is 1. The quantitative estimate of drug-likeness (QED) is 0.540. The number of thiazole rings is 1. The summed E-state index contributed by atoms with van der Waals surface area (Å²) in [5.74, 6) is -1.53. The first-order valence-electron chi connectivity index (χ1n) is 8.39. The Hall–Kier alpha value is -2.65. The molecule has 0 aliphatic rings. The number of anilines is 1. The van der Waals surface area contributed by atoms with Gasteiger partial charge in [-0.3, -0.25) is 9.59 Å². The third kappa shape index (κ3) is 5.68. The van der Waals surface area contributed by atoms with Crippen molar-refractivity contribution >= 4 is 50.7 Å². The smallest absolute Gasteiger partial charge is 0.418 e. The van der Waals surface area contributed by atoms with E-state index in [9.17, 15) is 22.8 Å². The highest BCUT2D eigenvalue weighted by Crippen LogP contribution is 2.36. The zero-order valence-corrected chi connectivity index (χ0v) is 16.3. The summed E-state index contributed by atoms with van der Waals surface area (Å²) in [5, 5.41) is 2.73. The normalized spacial score (nSPS) is 11.4. The lowest BCUT2D eigenvalue weighted by molar-refractivity contribution is -0.147. The number of carbonyl (C=O) groups is 2. The lowest BCUT2D eigenvalue weighted by atomic mass is 10.1. The molecule has 1 N–H and O–H groups in total. The molecule has 3 rings (SSSR count). The molecule has 0 bridgehead atoms. The molecular formula is C19H14ClF3N2O3S. The lowest BCUT2D eigenvalue weighted by Crippen LogP contribution is -2.22. The number of alkyl halides is 3. The van der Waals surface area contributed by atoms with Gasteiger partial charge in [-0.05, 0) is 30.3 Å². The topological polar surface area (TPSA) is 68.3 Å². The highest BCUT2D eigenvalue weighted by Gasteiger charge is 2.34. The molecule has 1 amide bonds. The van der Waals surface area contributed by atoms with E-state index in [0.29, 0.717) is 12.5 Å².